The van der Waals surface area contributed by atoms with Gasteiger partial charge in [-0.1, -0.05) is 6.07 Å². The maximum atomic E-state index is 6.12. The molecule has 0 saturated carbocycles. The van der Waals surface area contributed by atoms with Crippen LogP contribution in [-0.4, -0.2) is 27.4 Å². The molecule has 7 heteroatoms. The largest absolute Gasteiger partial charge is 0.481 e. The van der Waals surface area contributed by atoms with E-state index in [1.165, 1.54) is 0 Å². The Kier molecular flexibility index (Phi) is 2.94. The normalized spacial score (nSPS) is 10.9. The molecule has 0 aliphatic carbocycles. The number of pyridine rings is 2. The van der Waals surface area contributed by atoms with Crippen LogP contribution in [0.15, 0.2) is 23.0 Å². The highest BCUT2D eigenvalue weighted by molar-refractivity contribution is 5.85. The van der Waals surface area contributed by atoms with Gasteiger partial charge in [0.15, 0.2) is 5.52 Å². The third-order valence-electron chi connectivity index (χ3n) is 3.15. The van der Waals surface area contributed by atoms with Gasteiger partial charge in [-0.15, -0.1) is 0 Å². The molecule has 0 bridgehead atoms. The lowest BCUT2D eigenvalue weighted by molar-refractivity contribution is 0.315. The summed E-state index contributed by atoms with van der Waals surface area (Å²) in [5, 5.41) is 7.48. The van der Waals surface area contributed by atoms with Crippen molar-refractivity contribution in [1.82, 2.24) is 20.3 Å². The second-order valence-electron chi connectivity index (χ2n) is 4.41. The predicted molar refractivity (Wildman–Crippen MR) is 72.3 cm³/mol. The average molecular weight is 271 g/mol. The van der Waals surface area contributed by atoms with Crippen LogP contribution in [0.1, 0.15) is 16.8 Å². The molecule has 3 aromatic heterocycles. The highest BCUT2D eigenvalue weighted by Crippen LogP contribution is 2.25. The first-order valence-electron chi connectivity index (χ1n) is 6.05. The summed E-state index contributed by atoms with van der Waals surface area (Å²) >= 11 is 0. The highest BCUT2D eigenvalue weighted by atomic mass is 16.6. The van der Waals surface area contributed by atoms with E-state index in [9.17, 15) is 0 Å². The molecule has 0 fully saturated rings. The van der Waals surface area contributed by atoms with Gasteiger partial charge in [0, 0.05) is 29.9 Å². The van der Waals surface area contributed by atoms with E-state index < -0.39 is 0 Å². The number of nitrogen functional groups attached to an aromatic ring is 1. The first kappa shape index (κ1) is 12.3. The smallest absolute Gasteiger partial charge is 0.226 e. The van der Waals surface area contributed by atoms with Crippen molar-refractivity contribution in [3.05, 3.63) is 35.2 Å². The molecule has 0 aromatic carbocycles. The quantitative estimate of drug-likeness (QED) is 0.770. The van der Waals surface area contributed by atoms with Gasteiger partial charge in [0.2, 0.25) is 11.5 Å². The minimum Gasteiger partial charge on any atom is -0.481 e. The lowest BCUT2D eigenvalue weighted by Gasteiger charge is -2.08. The summed E-state index contributed by atoms with van der Waals surface area (Å²) < 4.78 is 9.70. The van der Waals surface area contributed by atoms with E-state index in [0.29, 0.717) is 29.2 Å². The number of nitrogens with two attached hydrogens (primary N) is 1. The van der Waals surface area contributed by atoms with Crippen LogP contribution >= 0.6 is 0 Å². The molecule has 0 aliphatic heterocycles. The monoisotopic (exact) mass is 271 g/mol. The molecule has 0 amide bonds. The number of hydrogen-bond acceptors (Lipinski definition) is 7. The third kappa shape index (κ3) is 2.03. The summed E-state index contributed by atoms with van der Waals surface area (Å²) in [6.45, 7) is 1.89. The number of ether oxygens (including phenoxy) is 1. The molecule has 3 heterocycles. The second-order valence-corrected chi connectivity index (χ2v) is 4.41. The fourth-order valence-corrected chi connectivity index (χ4v) is 2.05. The number of aryl methyl sites for hydroxylation is 1. The lowest BCUT2D eigenvalue weighted by atomic mass is 10.0. The fourth-order valence-electron chi connectivity index (χ4n) is 2.05. The van der Waals surface area contributed by atoms with Gasteiger partial charge in [0.1, 0.15) is 0 Å². The van der Waals surface area contributed by atoms with Crippen molar-refractivity contribution in [3.8, 4) is 5.88 Å². The Labute approximate surface area is 114 Å². The van der Waals surface area contributed by atoms with Crippen LogP contribution in [0.2, 0.25) is 0 Å². The van der Waals surface area contributed by atoms with Gasteiger partial charge in [0.25, 0.3) is 0 Å². The topological polar surface area (TPSA) is 100.0 Å². The van der Waals surface area contributed by atoms with E-state index in [1.54, 1.807) is 13.3 Å². The van der Waals surface area contributed by atoms with E-state index in [-0.39, 0.29) is 0 Å². The van der Waals surface area contributed by atoms with Crippen LogP contribution in [0.3, 0.4) is 0 Å². The number of rotatable bonds is 3. The number of fused-ring (bicyclic) bond motifs is 1. The van der Waals surface area contributed by atoms with Gasteiger partial charge in [-0.2, -0.15) is 0 Å². The Bertz CT molecular complexity index is 751. The molecule has 0 atom stereocenters. The maximum absolute atomic E-state index is 6.12. The molecule has 0 spiro atoms. The molecule has 7 nitrogen and oxygen atoms in total. The van der Waals surface area contributed by atoms with Crippen molar-refractivity contribution in [2.45, 2.75) is 13.3 Å². The second kappa shape index (κ2) is 4.76. The SMILES string of the molecule is COc1ccc(Cc2c(C)nc3nonc3c2N)cn1. The van der Waals surface area contributed by atoms with Crippen molar-refractivity contribution in [1.29, 1.82) is 0 Å². The number of methoxy groups -OCH3 is 1. The van der Waals surface area contributed by atoms with Crippen LogP contribution in [-0.2, 0) is 6.42 Å². The Morgan fingerprint density at radius 2 is 2.15 bits per heavy atom. The molecule has 0 unspecified atom stereocenters. The number of hydrogen-bond donors (Lipinski definition) is 1. The van der Waals surface area contributed by atoms with Gasteiger partial charge in [-0.3, -0.25) is 0 Å². The summed E-state index contributed by atoms with van der Waals surface area (Å²) in [4.78, 5) is 8.51. The standard InChI is InChI=1S/C13H13N5O2/c1-7-9(5-8-3-4-10(19-2)15-6-8)11(14)12-13(16-7)18-20-17-12/h3-4,6H,5,14H2,1-2H3. The zero-order valence-corrected chi connectivity index (χ0v) is 11.1. The molecule has 2 N–H and O–H groups in total. The van der Waals surface area contributed by atoms with Crippen molar-refractivity contribution in [3.63, 3.8) is 0 Å². The van der Waals surface area contributed by atoms with Crippen LogP contribution in [0, 0.1) is 6.92 Å². The van der Waals surface area contributed by atoms with E-state index in [0.717, 1.165) is 16.8 Å². The Balaban J connectivity index is 2.00. The van der Waals surface area contributed by atoms with Crippen molar-refractivity contribution in [2.75, 3.05) is 12.8 Å². The first-order valence-corrected chi connectivity index (χ1v) is 6.05. The van der Waals surface area contributed by atoms with Crippen LogP contribution in [0.4, 0.5) is 5.69 Å². The highest BCUT2D eigenvalue weighted by Gasteiger charge is 2.14. The van der Waals surface area contributed by atoms with Gasteiger partial charge in [0.05, 0.1) is 12.8 Å². The lowest BCUT2D eigenvalue weighted by Crippen LogP contribution is -2.03. The van der Waals surface area contributed by atoms with Crippen LogP contribution in [0.5, 0.6) is 5.88 Å². The zero-order valence-electron chi connectivity index (χ0n) is 11.1. The maximum Gasteiger partial charge on any atom is 0.226 e. The summed E-state index contributed by atoms with van der Waals surface area (Å²) in [5.41, 5.74) is 10.3. The van der Waals surface area contributed by atoms with Crippen molar-refractivity contribution >= 4 is 16.9 Å². The van der Waals surface area contributed by atoms with E-state index in [2.05, 4.69) is 24.9 Å². The van der Waals surface area contributed by atoms with Crippen LogP contribution in [0.25, 0.3) is 11.2 Å². The van der Waals surface area contributed by atoms with Crippen LogP contribution < -0.4 is 10.5 Å². The van der Waals surface area contributed by atoms with Gasteiger partial charge < -0.3 is 10.5 Å². The predicted octanol–water partition coefficient (Wildman–Crippen LogP) is 1.50. The Hall–Kier alpha value is -2.70. The molecule has 3 aromatic rings. The Morgan fingerprint density at radius 1 is 1.30 bits per heavy atom. The summed E-state index contributed by atoms with van der Waals surface area (Å²) in [6.07, 6.45) is 2.37. The molecule has 0 aliphatic rings. The number of aromatic nitrogens is 4. The molecule has 3 rings (SSSR count). The molecule has 0 radical (unpaired) electrons. The minimum atomic E-state index is 0.427. The minimum absolute atomic E-state index is 0.427. The van der Waals surface area contributed by atoms with Gasteiger partial charge in [-0.25, -0.2) is 14.6 Å². The molecule has 0 saturated heterocycles. The third-order valence-corrected chi connectivity index (χ3v) is 3.15. The number of anilines is 1. The average Bonchev–Trinajstić information content (AvgIpc) is 2.92. The van der Waals surface area contributed by atoms with E-state index in [4.69, 9.17) is 10.5 Å². The number of nitrogens with zero attached hydrogens (tertiary/aromatic N) is 4. The molecular weight excluding hydrogens is 258 g/mol. The summed E-state index contributed by atoms with van der Waals surface area (Å²) in [6, 6.07) is 3.75. The zero-order chi connectivity index (χ0) is 14.1. The van der Waals surface area contributed by atoms with Gasteiger partial charge >= 0.3 is 0 Å². The summed E-state index contributed by atoms with van der Waals surface area (Å²) in [5.74, 6) is 0.577. The fraction of sp³-hybridized carbons (Fsp3) is 0.231. The Morgan fingerprint density at radius 3 is 2.85 bits per heavy atom. The van der Waals surface area contributed by atoms with Gasteiger partial charge in [-0.05, 0) is 22.8 Å². The summed E-state index contributed by atoms with van der Waals surface area (Å²) in [7, 11) is 1.58. The first-order chi connectivity index (χ1) is 9.69. The van der Waals surface area contributed by atoms with Crippen molar-refractivity contribution in [2.24, 2.45) is 0 Å². The van der Waals surface area contributed by atoms with E-state index in [1.807, 2.05) is 19.1 Å². The van der Waals surface area contributed by atoms with E-state index >= 15 is 0 Å². The molecular formula is C13H13N5O2. The van der Waals surface area contributed by atoms with Crippen molar-refractivity contribution < 1.29 is 9.37 Å². The molecule has 20 heavy (non-hydrogen) atoms. The molecule has 102 valence electrons.